The van der Waals surface area contributed by atoms with Crippen molar-refractivity contribution < 1.29 is 0 Å². The quantitative estimate of drug-likeness (QED) is 0.599. The van der Waals surface area contributed by atoms with Crippen LogP contribution in [0.25, 0.3) is 0 Å². The van der Waals surface area contributed by atoms with E-state index in [-0.39, 0.29) is 0 Å². The van der Waals surface area contributed by atoms with Crippen molar-refractivity contribution in [2.24, 2.45) is 5.92 Å². The van der Waals surface area contributed by atoms with Crippen LogP contribution >= 0.6 is 0 Å². The van der Waals surface area contributed by atoms with Crippen LogP contribution in [0, 0.1) is 5.92 Å². The molecule has 0 saturated heterocycles. The molecular weight excluding hydrogens is 256 g/mol. The normalized spacial score (nSPS) is 14.1. The Bertz CT molecular complexity index is 376. The molecule has 0 amide bonds. The van der Waals surface area contributed by atoms with Crippen molar-refractivity contribution in [1.29, 1.82) is 0 Å². The van der Waals surface area contributed by atoms with Gasteiger partial charge in [0.2, 0.25) is 0 Å². The largest absolute Gasteiger partial charge is 0.310 e. The molecule has 2 atom stereocenters. The van der Waals surface area contributed by atoms with Gasteiger partial charge < -0.3 is 5.32 Å². The Morgan fingerprint density at radius 1 is 1.14 bits per heavy atom. The number of unbranched alkanes of at least 4 members (excludes halogenated alkanes) is 1. The predicted molar refractivity (Wildman–Crippen MR) is 92.6 cm³/mol. The summed E-state index contributed by atoms with van der Waals surface area (Å²) in [5.41, 5.74) is 2.87. The van der Waals surface area contributed by atoms with Crippen molar-refractivity contribution >= 4 is 0 Å². The van der Waals surface area contributed by atoms with Gasteiger partial charge in [-0.3, -0.25) is 4.98 Å². The number of nitrogens with zero attached hydrogens (tertiary/aromatic N) is 1. The average Bonchev–Trinajstić information content (AvgIpc) is 2.54. The fourth-order valence-corrected chi connectivity index (χ4v) is 3.03. The minimum atomic E-state index is 0.490. The Kier molecular flexibility index (Phi) is 9.32. The van der Waals surface area contributed by atoms with Gasteiger partial charge in [0.15, 0.2) is 0 Å². The second kappa shape index (κ2) is 10.8. The SMILES string of the molecule is CCCCC(CC)CC(NCCC)c1ccncc1CC. The van der Waals surface area contributed by atoms with Crippen LogP contribution in [0.1, 0.15) is 83.4 Å². The van der Waals surface area contributed by atoms with Gasteiger partial charge in [0.1, 0.15) is 0 Å². The fraction of sp³-hybridized carbons (Fsp3) is 0.737. The van der Waals surface area contributed by atoms with E-state index < -0.39 is 0 Å². The molecule has 0 spiro atoms. The van der Waals surface area contributed by atoms with Gasteiger partial charge in [0.05, 0.1) is 0 Å². The number of hydrogen-bond acceptors (Lipinski definition) is 2. The topological polar surface area (TPSA) is 24.9 Å². The van der Waals surface area contributed by atoms with Crippen LogP contribution in [-0.4, -0.2) is 11.5 Å². The van der Waals surface area contributed by atoms with E-state index in [0.717, 1.165) is 18.9 Å². The van der Waals surface area contributed by atoms with Gasteiger partial charge in [-0.25, -0.2) is 0 Å². The van der Waals surface area contributed by atoms with Crippen LogP contribution in [0.15, 0.2) is 18.5 Å². The van der Waals surface area contributed by atoms with Crippen molar-refractivity contribution in [1.82, 2.24) is 10.3 Å². The highest BCUT2D eigenvalue weighted by Gasteiger charge is 2.18. The van der Waals surface area contributed by atoms with Crippen LogP contribution in [0.4, 0.5) is 0 Å². The molecule has 0 aliphatic rings. The van der Waals surface area contributed by atoms with Crippen molar-refractivity contribution in [3.63, 3.8) is 0 Å². The fourth-order valence-electron chi connectivity index (χ4n) is 3.03. The Morgan fingerprint density at radius 3 is 2.57 bits per heavy atom. The van der Waals surface area contributed by atoms with Crippen LogP contribution in [-0.2, 0) is 6.42 Å². The van der Waals surface area contributed by atoms with Crippen LogP contribution < -0.4 is 5.32 Å². The molecule has 2 nitrogen and oxygen atoms in total. The maximum atomic E-state index is 4.30. The second-order valence-electron chi connectivity index (χ2n) is 6.09. The van der Waals surface area contributed by atoms with Gasteiger partial charge in [0.25, 0.3) is 0 Å². The minimum Gasteiger partial charge on any atom is -0.310 e. The molecule has 0 aliphatic heterocycles. The highest BCUT2D eigenvalue weighted by molar-refractivity contribution is 5.26. The minimum absolute atomic E-state index is 0.490. The molecule has 0 bridgehead atoms. The summed E-state index contributed by atoms with van der Waals surface area (Å²) in [5, 5.41) is 3.77. The van der Waals surface area contributed by atoms with E-state index in [9.17, 15) is 0 Å². The number of nitrogens with one attached hydrogen (secondary N) is 1. The highest BCUT2D eigenvalue weighted by atomic mass is 14.9. The zero-order valence-corrected chi connectivity index (χ0v) is 14.5. The van der Waals surface area contributed by atoms with E-state index in [1.807, 2.05) is 12.4 Å². The van der Waals surface area contributed by atoms with E-state index in [1.165, 1.54) is 49.7 Å². The molecule has 1 heterocycles. The molecule has 0 aliphatic carbocycles. The number of pyridine rings is 1. The third kappa shape index (κ3) is 6.17. The lowest BCUT2D eigenvalue weighted by Crippen LogP contribution is -2.25. The van der Waals surface area contributed by atoms with Crippen molar-refractivity contribution in [2.75, 3.05) is 6.54 Å². The van der Waals surface area contributed by atoms with Crippen LogP contribution in [0.5, 0.6) is 0 Å². The average molecular weight is 290 g/mol. The Morgan fingerprint density at radius 2 is 1.95 bits per heavy atom. The monoisotopic (exact) mass is 290 g/mol. The third-order valence-electron chi connectivity index (χ3n) is 4.45. The third-order valence-corrected chi connectivity index (χ3v) is 4.45. The molecule has 2 heteroatoms. The first kappa shape index (κ1) is 18.2. The molecule has 1 N–H and O–H groups in total. The molecule has 120 valence electrons. The molecule has 0 fully saturated rings. The van der Waals surface area contributed by atoms with E-state index in [4.69, 9.17) is 0 Å². The number of aromatic nitrogens is 1. The molecular formula is C19H34N2. The van der Waals surface area contributed by atoms with Gasteiger partial charge >= 0.3 is 0 Å². The van der Waals surface area contributed by atoms with Gasteiger partial charge in [-0.15, -0.1) is 0 Å². The highest BCUT2D eigenvalue weighted by Crippen LogP contribution is 2.28. The van der Waals surface area contributed by atoms with Crippen molar-refractivity contribution in [2.45, 2.75) is 78.7 Å². The summed E-state index contributed by atoms with van der Waals surface area (Å²) in [6, 6.07) is 2.71. The maximum Gasteiger partial charge on any atom is 0.0326 e. The van der Waals surface area contributed by atoms with Gasteiger partial charge in [0, 0.05) is 18.4 Å². The number of rotatable bonds is 11. The summed E-state index contributed by atoms with van der Waals surface area (Å²) in [4.78, 5) is 4.30. The Balaban J connectivity index is 2.83. The van der Waals surface area contributed by atoms with Gasteiger partial charge in [-0.1, -0.05) is 53.4 Å². The van der Waals surface area contributed by atoms with E-state index in [1.54, 1.807) is 0 Å². The number of hydrogen-bond donors (Lipinski definition) is 1. The van der Waals surface area contributed by atoms with E-state index >= 15 is 0 Å². The Labute approximate surface area is 131 Å². The zero-order valence-electron chi connectivity index (χ0n) is 14.5. The van der Waals surface area contributed by atoms with Gasteiger partial charge in [-0.05, 0) is 48.9 Å². The predicted octanol–water partition coefficient (Wildman–Crippen LogP) is 5.29. The second-order valence-corrected chi connectivity index (χ2v) is 6.09. The first-order chi connectivity index (χ1) is 10.3. The maximum absolute atomic E-state index is 4.30. The molecule has 1 rings (SSSR count). The molecule has 2 unspecified atom stereocenters. The number of aryl methyl sites for hydroxylation is 1. The Hall–Kier alpha value is -0.890. The van der Waals surface area contributed by atoms with Crippen LogP contribution in [0.3, 0.4) is 0 Å². The molecule has 1 aromatic rings. The molecule has 0 aromatic carbocycles. The lowest BCUT2D eigenvalue weighted by Gasteiger charge is -2.26. The van der Waals surface area contributed by atoms with Gasteiger partial charge in [-0.2, -0.15) is 0 Å². The summed E-state index contributed by atoms with van der Waals surface area (Å²) in [5.74, 6) is 0.831. The standard InChI is InChI=1S/C19H34N2/c1-5-9-10-16(7-3)14-19(21-12-6-2)18-11-13-20-15-17(18)8-4/h11,13,15-16,19,21H,5-10,12,14H2,1-4H3. The van der Waals surface area contributed by atoms with E-state index in [0.29, 0.717) is 6.04 Å². The lowest BCUT2D eigenvalue weighted by atomic mass is 9.87. The van der Waals surface area contributed by atoms with Crippen molar-refractivity contribution in [3.8, 4) is 0 Å². The lowest BCUT2D eigenvalue weighted by molar-refractivity contribution is 0.352. The van der Waals surface area contributed by atoms with Crippen molar-refractivity contribution in [3.05, 3.63) is 29.6 Å². The first-order valence-electron chi connectivity index (χ1n) is 8.92. The molecule has 0 radical (unpaired) electrons. The molecule has 21 heavy (non-hydrogen) atoms. The summed E-state index contributed by atoms with van der Waals surface area (Å²) < 4.78 is 0. The molecule has 0 saturated carbocycles. The smallest absolute Gasteiger partial charge is 0.0326 e. The van der Waals surface area contributed by atoms with E-state index in [2.05, 4.69) is 44.1 Å². The summed E-state index contributed by atoms with van der Waals surface area (Å²) in [7, 11) is 0. The first-order valence-corrected chi connectivity index (χ1v) is 8.92. The zero-order chi connectivity index (χ0) is 15.5. The summed E-state index contributed by atoms with van der Waals surface area (Å²) in [6.45, 7) is 10.2. The molecule has 1 aromatic heterocycles. The summed E-state index contributed by atoms with van der Waals surface area (Å²) in [6.07, 6.45) is 12.8. The summed E-state index contributed by atoms with van der Waals surface area (Å²) >= 11 is 0. The van der Waals surface area contributed by atoms with Crippen LogP contribution in [0.2, 0.25) is 0 Å².